The SMILES string of the molecule is COc1c(N2CCn3c(nnc3C(F)(F)F)C2)cnc2c(-c3ccc(C#N)cc3)cccc12. The van der Waals surface area contributed by atoms with E-state index >= 15 is 0 Å². The summed E-state index contributed by atoms with van der Waals surface area (Å²) in [6.07, 6.45) is -2.87. The van der Waals surface area contributed by atoms with Gasteiger partial charge in [-0.3, -0.25) is 4.98 Å². The summed E-state index contributed by atoms with van der Waals surface area (Å²) in [7, 11) is 1.56. The Hall–Kier alpha value is -4.13. The van der Waals surface area contributed by atoms with Crippen LogP contribution in [0.5, 0.6) is 5.75 Å². The van der Waals surface area contributed by atoms with E-state index in [1.165, 1.54) is 0 Å². The highest BCUT2D eigenvalue weighted by Gasteiger charge is 2.39. The van der Waals surface area contributed by atoms with Gasteiger partial charge in [-0.1, -0.05) is 24.3 Å². The van der Waals surface area contributed by atoms with E-state index in [4.69, 9.17) is 10.00 Å². The monoisotopic (exact) mass is 450 g/mol. The molecule has 0 N–H and O–H groups in total. The van der Waals surface area contributed by atoms with Crippen LogP contribution in [-0.2, 0) is 19.3 Å². The lowest BCUT2D eigenvalue weighted by Crippen LogP contribution is -2.35. The molecule has 0 radical (unpaired) electrons. The van der Waals surface area contributed by atoms with Crippen LogP contribution in [0.4, 0.5) is 18.9 Å². The molecule has 0 spiro atoms. The maximum absolute atomic E-state index is 13.2. The number of anilines is 1. The van der Waals surface area contributed by atoms with Gasteiger partial charge >= 0.3 is 6.18 Å². The van der Waals surface area contributed by atoms with Crippen molar-refractivity contribution >= 4 is 16.6 Å². The van der Waals surface area contributed by atoms with E-state index in [0.717, 1.165) is 26.6 Å². The molecule has 10 heteroatoms. The molecule has 0 saturated carbocycles. The number of benzene rings is 2. The number of hydrogen-bond acceptors (Lipinski definition) is 6. The van der Waals surface area contributed by atoms with E-state index in [1.54, 1.807) is 25.4 Å². The van der Waals surface area contributed by atoms with Crippen molar-refractivity contribution in [1.82, 2.24) is 19.7 Å². The van der Waals surface area contributed by atoms with Gasteiger partial charge in [-0.15, -0.1) is 10.2 Å². The lowest BCUT2D eigenvalue weighted by atomic mass is 10.00. The van der Waals surface area contributed by atoms with E-state index in [9.17, 15) is 13.2 Å². The summed E-state index contributed by atoms with van der Waals surface area (Å²) >= 11 is 0. The number of fused-ring (bicyclic) bond motifs is 2. The van der Waals surface area contributed by atoms with Gasteiger partial charge < -0.3 is 14.2 Å². The molecule has 166 valence electrons. The summed E-state index contributed by atoms with van der Waals surface area (Å²) in [6, 6.07) is 15.1. The third-order valence-corrected chi connectivity index (χ3v) is 5.71. The number of ether oxygens (including phenoxy) is 1. The maximum atomic E-state index is 13.2. The molecule has 0 atom stereocenters. The molecule has 0 amide bonds. The summed E-state index contributed by atoms with van der Waals surface area (Å²) in [5.74, 6) is -0.158. The molecule has 1 aliphatic rings. The zero-order chi connectivity index (χ0) is 23.2. The van der Waals surface area contributed by atoms with E-state index in [2.05, 4.69) is 21.3 Å². The summed E-state index contributed by atoms with van der Waals surface area (Å²) in [6.45, 7) is 0.582. The fourth-order valence-electron chi connectivity index (χ4n) is 4.16. The van der Waals surface area contributed by atoms with Crippen LogP contribution in [-0.4, -0.2) is 33.4 Å². The standard InChI is InChI=1S/C23H17F3N6O/c1-33-21-17-4-2-3-16(15-7-5-14(11-27)6-8-15)20(17)28-12-18(21)31-9-10-32-19(13-31)29-30-22(32)23(24,25)26/h2-8,12H,9-10,13H2,1H3. The smallest absolute Gasteiger partial charge is 0.451 e. The Labute approximate surface area is 186 Å². The van der Waals surface area contributed by atoms with Crippen LogP contribution in [0.3, 0.4) is 0 Å². The van der Waals surface area contributed by atoms with Crippen LogP contribution in [0.15, 0.2) is 48.7 Å². The zero-order valence-corrected chi connectivity index (χ0v) is 17.5. The van der Waals surface area contributed by atoms with Gasteiger partial charge in [-0.05, 0) is 23.8 Å². The molecular formula is C23H17F3N6O. The predicted molar refractivity (Wildman–Crippen MR) is 115 cm³/mol. The van der Waals surface area contributed by atoms with Crippen molar-refractivity contribution in [3.63, 3.8) is 0 Å². The highest BCUT2D eigenvalue weighted by atomic mass is 19.4. The lowest BCUT2D eigenvalue weighted by Gasteiger charge is -2.31. The molecule has 1 aliphatic heterocycles. The third kappa shape index (κ3) is 3.51. The van der Waals surface area contributed by atoms with Crippen molar-refractivity contribution in [1.29, 1.82) is 5.26 Å². The topological polar surface area (TPSA) is 79.9 Å². The highest BCUT2D eigenvalue weighted by Crippen LogP contribution is 2.40. The fourth-order valence-corrected chi connectivity index (χ4v) is 4.16. The van der Waals surface area contributed by atoms with Crippen LogP contribution >= 0.6 is 0 Å². The zero-order valence-electron chi connectivity index (χ0n) is 17.5. The Bertz CT molecular complexity index is 1390. The Kier molecular flexibility index (Phi) is 4.89. The van der Waals surface area contributed by atoms with Gasteiger partial charge in [-0.25, -0.2) is 0 Å². The number of rotatable bonds is 3. The molecule has 2 aromatic heterocycles. The number of alkyl halides is 3. The highest BCUT2D eigenvalue weighted by molar-refractivity contribution is 5.99. The molecule has 0 bridgehead atoms. The quantitative estimate of drug-likeness (QED) is 0.460. The Morgan fingerprint density at radius 2 is 1.85 bits per heavy atom. The van der Waals surface area contributed by atoms with Crippen molar-refractivity contribution in [2.24, 2.45) is 0 Å². The Balaban J connectivity index is 1.55. The van der Waals surface area contributed by atoms with E-state index < -0.39 is 12.0 Å². The summed E-state index contributed by atoms with van der Waals surface area (Å²) < 4.78 is 46.3. The van der Waals surface area contributed by atoms with Gasteiger partial charge in [0.15, 0.2) is 11.6 Å². The number of aromatic nitrogens is 4. The number of para-hydroxylation sites is 1. The molecule has 0 fully saturated rings. The van der Waals surface area contributed by atoms with Gasteiger partial charge in [-0.2, -0.15) is 18.4 Å². The molecule has 33 heavy (non-hydrogen) atoms. The molecule has 7 nitrogen and oxygen atoms in total. The second kappa shape index (κ2) is 7.78. The first-order valence-electron chi connectivity index (χ1n) is 10.1. The molecular weight excluding hydrogens is 433 g/mol. The van der Waals surface area contributed by atoms with Crippen LogP contribution in [0.1, 0.15) is 17.2 Å². The number of hydrogen-bond donors (Lipinski definition) is 0. The van der Waals surface area contributed by atoms with Crippen molar-refractivity contribution < 1.29 is 17.9 Å². The summed E-state index contributed by atoms with van der Waals surface area (Å²) in [5.41, 5.74) is 3.76. The van der Waals surface area contributed by atoms with Crippen molar-refractivity contribution in [2.75, 3.05) is 18.6 Å². The molecule has 0 saturated heterocycles. The van der Waals surface area contributed by atoms with Gasteiger partial charge in [0, 0.05) is 24.0 Å². The van der Waals surface area contributed by atoms with Crippen LogP contribution in [0.25, 0.3) is 22.0 Å². The van der Waals surface area contributed by atoms with Crippen LogP contribution in [0.2, 0.25) is 0 Å². The van der Waals surface area contributed by atoms with Gasteiger partial charge in [0.1, 0.15) is 0 Å². The Morgan fingerprint density at radius 1 is 1.06 bits per heavy atom. The molecule has 0 unspecified atom stereocenters. The van der Waals surface area contributed by atoms with E-state index in [-0.39, 0.29) is 18.9 Å². The minimum Gasteiger partial charge on any atom is -0.494 e. The second-order valence-corrected chi connectivity index (χ2v) is 7.58. The van der Waals surface area contributed by atoms with Gasteiger partial charge in [0.05, 0.1) is 42.7 Å². The summed E-state index contributed by atoms with van der Waals surface area (Å²) in [4.78, 5) is 6.57. The number of nitriles is 1. The number of methoxy groups -OCH3 is 1. The van der Waals surface area contributed by atoms with E-state index in [1.807, 2.05) is 35.2 Å². The minimum atomic E-state index is -4.54. The molecule has 2 aromatic carbocycles. The van der Waals surface area contributed by atoms with Crippen LogP contribution < -0.4 is 9.64 Å². The molecule has 4 aromatic rings. The fraction of sp³-hybridized carbons (Fsp3) is 0.217. The predicted octanol–water partition coefficient (Wildman–Crippen LogP) is 4.41. The third-order valence-electron chi connectivity index (χ3n) is 5.71. The number of nitrogens with zero attached hydrogens (tertiary/aromatic N) is 6. The Morgan fingerprint density at radius 3 is 2.55 bits per heavy atom. The first kappa shape index (κ1) is 20.8. The van der Waals surface area contributed by atoms with Crippen LogP contribution in [0, 0.1) is 11.3 Å². The molecule has 5 rings (SSSR count). The number of pyridine rings is 1. The van der Waals surface area contributed by atoms with Crippen molar-refractivity contribution in [3.05, 3.63) is 65.9 Å². The van der Waals surface area contributed by atoms with Gasteiger partial charge in [0.2, 0.25) is 5.82 Å². The molecule has 0 aliphatic carbocycles. The second-order valence-electron chi connectivity index (χ2n) is 7.58. The first-order valence-corrected chi connectivity index (χ1v) is 10.1. The number of halogens is 3. The molecule has 3 heterocycles. The first-order chi connectivity index (χ1) is 15.9. The van der Waals surface area contributed by atoms with Crippen molar-refractivity contribution in [2.45, 2.75) is 19.3 Å². The van der Waals surface area contributed by atoms with Gasteiger partial charge in [0.25, 0.3) is 0 Å². The lowest BCUT2D eigenvalue weighted by molar-refractivity contribution is -0.147. The minimum absolute atomic E-state index is 0.101. The van der Waals surface area contributed by atoms with Crippen molar-refractivity contribution in [3.8, 4) is 22.9 Å². The largest absolute Gasteiger partial charge is 0.494 e. The average Bonchev–Trinajstić information content (AvgIpc) is 3.27. The normalized spacial score (nSPS) is 13.6. The summed E-state index contributed by atoms with van der Waals surface area (Å²) in [5, 5.41) is 16.9. The maximum Gasteiger partial charge on any atom is 0.451 e. The van der Waals surface area contributed by atoms with E-state index in [0.29, 0.717) is 23.5 Å². The average molecular weight is 450 g/mol.